The Labute approximate surface area is 172 Å². The molecule has 29 heavy (non-hydrogen) atoms. The molecule has 1 unspecified atom stereocenters. The van der Waals surface area contributed by atoms with Gasteiger partial charge in [0.15, 0.2) is 0 Å². The van der Waals surface area contributed by atoms with Gasteiger partial charge in [0.25, 0.3) is 5.91 Å². The molecule has 0 saturated carbocycles. The Kier molecular flexibility index (Phi) is 6.28. The first-order valence-corrected chi connectivity index (χ1v) is 11.0. The summed E-state index contributed by atoms with van der Waals surface area (Å²) >= 11 is 0. The molecule has 1 N–H and O–H groups in total. The van der Waals surface area contributed by atoms with Crippen molar-refractivity contribution >= 4 is 11.8 Å². The van der Waals surface area contributed by atoms with Crippen LogP contribution in [-0.2, 0) is 9.53 Å². The van der Waals surface area contributed by atoms with Crippen molar-refractivity contribution in [1.82, 2.24) is 15.2 Å². The Balaban J connectivity index is 1.21. The van der Waals surface area contributed by atoms with E-state index in [-0.39, 0.29) is 23.5 Å². The molecule has 156 valence electrons. The molecule has 1 atom stereocenters. The van der Waals surface area contributed by atoms with Crippen molar-refractivity contribution < 1.29 is 14.3 Å². The molecular weight excluding hydrogens is 366 g/mol. The fourth-order valence-electron chi connectivity index (χ4n) is 4.74. The monoisotopic (exact) mass is 397 g/mol. The van der Waals surface area contributed by atoms with Crippen LogP contribution >= 0.6 is 0 Å². The van der Waals surface area contributed by atoms with Crippen molar-refractivity contribution in [3.05, 3.63) is 41.7 Å². The lowest BCUT2D eigenvalue weighted by molar-refractivity contribution is -0.122. The number of nitrogens with one attached hydrogen (secondary N) is 1. The zero-order valence-corrected chi connectivity index (χ0v) is 17.1. The molecule has 0 aromatic carbocycles. The quantitative estimate of drug-likeness (QED) is 0.775. The standard InChI is InChI=1S/C23H31N3O3/c27-21(16-18-6-2-1-3-7-18)25-17-19-9-10-23(29-19)11-14-26(15-12-23)22(28)20-8-4-5-13-24-20/h4-6,8,13,19H,1-3,7,9-12,14-17H2,(H,25,27). The van der Waals surface area contributed by atoms with Gasteiger partial charge in [0, 0.05) is 32.3 Å². The molecule has 4 rings (SSSR count). The molecule has 1 aromatic rings. The first kappa shape index (κ1) is 20.1. The second-order valence-corrected chi connectivity index (χ2v) is 8.56. The number of allylic oxidation sites excluding steroid dienone is 1. The predicted octanol–water partition coefficient (Wildman–Crippen LogP) is 3.24. The van der Waals surface area contributed by atoms with Crippen LogP contribution in [0, 0.1) is 0 Å². The average molecular weight is 398 g/mol. The molecule has 6 nitrogen and oxygen atoms in total. The van der Waals surface area contributed by atoms with Gasteiger partial charge in [-0.2, -0.15) is 0 Å². The Bertz CT molecular complexity index is 754. The van der Waals surface area contributed by atoms with Crippen LogP contribution in [0.5, 0.6) is 0 Å². The number of carbonyl (C=O) groups excluding carboxylic acids is 2. The average Bonchev–Trinajstić information content (AvgIpc) is 3.16. The molecule has 1 aromatic heterocycles. The van der Waals surface area contributed by atoms with Crippen LogP contribution in [-0.4, -0.2) is 53.0 Å². The first-order chi connectivity index (χ1) is 14.1. The molecule has 2 amide bonds. The van der Waals surface area contributed by atoms with Crippen molar-refractivity contribution in [1.29, 1.82) is 0 Å². The second kappa shape index (κ2) is 9.08. The van der Waals surface area contributed by atoms with Crippen molar-refractivity contribution in [2.45, 2.75) is 69.5 Å². The number of piperidine rings is 1. The number of aromatic nitrogens is 1. The van der Waals surface area contributed by atoms with Gasteiger partial charge in [-0.05, 0) is 63.5 Å². The van der Waals surface area contributed by atoms with Crippen LogP contribution < -0.4 is 5.32 Å². The Morgan fingerprint density at radius 1 is 1.21 bits per heavy atom. The molecule has 0 radical (unpaired) electrons. The largest absolute Gasteiger partial charge is 0.370 e. The van der Waals surface area contributed by atoms with Crippen LogP contribution in [0.3, 0.4) is 0 Å². The molecule has 2 aliphatic heterocycles. The third-order valence-corrected chi connectivity index (χ3v) is 6.48. The molecular formula is C23H31N3O3. The number of rotatable bonds is 5. The lowest BCUT2D eigenvalue weighted by Gasteiger charge is -2.39. The maximum Gasteiger partial charge on any atom is 0.272 e. The fraction of sp³-hybridized carbons (Fsp3) is 0.609. The summed E-state index contributed by atoms with van der Waals surface area (Å²) in [6.45, 7) is 1.98. The fourth-order valence-corrected chi connectivity index (χ4v) is 4.74. The molecule has 3 aliphatic rings. The highest BCUT2D eigenvalue weighted by molar-refractivity contribution is 5.92. The highest BCUT2D eigenvalue weighted by atomic mass is 16.5. The van der Waals surface area contributed by atoms with Crippen molar-refractivity contribution in [3.63, 3.8) is 0 Å². The molecule has 6 heteroatoms. The first-order valence-electron chi connectivity index (χ1n) is 11.0. The molecule has 1 spiro atoms. The van der Waals surface area contributed by atoms with E-state index in [1.54, 1.807) is 12.3 Å². The van der Waals surface area contributed by atoms with E-state index < -0.39 is 0 Å². The number of ether oxygens (including phenoxy) is 1. The third-order valence-electron chi connectivity index (χ3n) is 6.48. The Morgan fingerprint density at radius 3 is 2.79 bits per heavy atom. The molecule has 1 aliphatic carbocycles. The lowest BCUT2D eigenvalue weighted by atomic mass is 9.88. The number of likely N-dealkylation sites (tertiary alicyclic amines) is 1. The normalized spacial score (nSPS) is 23.7. The SMILES string of the molecule is O=C(CC1=CCCCC1)NCC1CCC2(CCN(C(=O)c3ccccn3)CC2)O1. The van der Waals surface area contributed by atoms with Gasteiger partial charge in [0.1, 0.15) is 5.69 Å². The number of carbonyl (C=O) groups is 2. The van der Waals surface area contributed by atoms with Crippen molar-refractivity contribution in [2.75, 3.05) is 19.6 Å². The van der Waals surface area contributed by atoms with E-state index in [1.165, 1.54) is 18.4 Å². The van der Waals surface area contributed by atoms with Gasteiger partial charge >= 0.3 is 0 Å². The van der Waals surface area contributed by atoms with Gasteiger partial charge in [-0.1, -0.05) is 17.7 Å². The van der Waals surface area contributed by atoms with Gasteiger partial charge in [-0.25, -0.2) is 0 Å². The van der Waals surface area contributed by atoms with E-state index in [2.05, 4.69) is 16.4 Å². The zero-order valence-electron chi connectivity index (χ0n) is 17.1. The summed E-state index contributed by atoms with van der Waals surface area (Å²) in [5.74, 6) is 0.109. The number of hydrogen-bond acceptors (Lipinski definition) is 4. The molecule has 2 fully saturated rings. The topological polar surface area (TPSA) is 71.5 Å². The summed E-state index contributed by atoms with van der Waals surface area (Å²) in [6, 6.07) is 5.43. The minimum atomic E-state index is -0.137. The van der Waals surface area contributed by atoms with Crippen LogP contribution in [0.25, 0.3) is 0 Å². The molecule has 0 bridgehead atoms. The lowest BCUT2D eigenvalue weighted by Crippen LogP contribution is -2.47. The summed E-state index contributed by atoms with van der Waals surface area (Å²) in [6.07, 6.45) is 12.8. The Hall–Kier alpha value is -2.21. The van der Waals surface area contributed by atoms with E-state index in [9.17, 15) is 9.59 Å². The van der Waals surface area contributed by atoms with Crippen LogP contribution in [0.15, 0.2) is 36.0 Å². The number of hydrogen-bond donors (Lipinski definition) is 1. The minimum Gasteiger partial charge on any atom is -0.370 e. The molecule has 2 saturated heterocycles. The van der Waals surface area contributed by atoms with Crippen molar-refractivity contribution in [3.8, 4) is 0 Å². The van der Waals surface area contributed by atoms with Crippen LogP contribution in [0.2, 0.25) is 0 Å². The van der Waals surface area contributed by atoms with Crippen LogP contribution in [0.1, 0.15) is 68.3 Å². The highest BCUT2D eigenvalue weighted by Crippen LogP contribution is 2.39. The van der Waals surface area contributed by atoms with E-state index in [4.69, 9.17) is 4.74 Å². The summed E-state index contributed by atoms with van der Waals surface area (Å²) < 4.78 is 6.38. The number of nitrogens with zero attached hydrogens (tertiary/aromatic N) is 2. The summed E-state index contributed by atoms with van der Waals surface area (Å²) in [5, 5.41) is 3.06. The maximum absolute atomic E-state index is 12.6. The number of amides is 2. The van der Waals surface area contributed by atoms with Crippen molar-refractivity contribution in [2.24, 2.45) is 0 Å². The van der Waals surface area contributed by atoms with Gasteiger partial charge in [0.05, 0.1) is 11.7 Å². The van der Waals surface area contributed by atoms with E-state index in [1.807, 2.05) is 17.0 Å². The van der Waals surface area contributed by atoms with E-state index in [0.29, 0.717) is 31.7 Å². The second-order valence-electron chi connectivity index (χ2n) is 8.56. The minimum absolute atomic E-state index is 0.000669. The van der Waals surface area contributed by atoms with Gasteiger partial charge in [-0.15, -0.1) is 0 Å². The summed E-state index contributed by atoms with van der Waals surface area (Å²) in [5.41, 5.74) is 1.65. The summed E-state index contributed by atoms with van der Waals surface area (Å²) in [4.78, 5) is 30.9. The maximum atomic E-state index is 12.6. The van der Waals surface area contributed by atoms with E-state index >= 15 is 0 Å². The van der Waals surface area contributed by atoms with Gasteiger partial charge < -0.3 is 15.0 Å². The number of pyridine rings is 1. The van der Waals surface area contributed by atoms with Gasteiger partial charge in [-0.3, -0.25) is 14.6 Å². The third kappa shape index (κ3) is 5.04. The summed E-state index contributed by atoms with van der Waals surface area (Å²) in [7, 11) is 0. The zero-order chi connectivity index (χ0) is 20.1. The predicted molar refractivity (Wildman–Crippen MR) is 110 cm³/mol. The van der Waals surface area contributed by atoms with Gasteiger partial charge in [0.2, 0.25) is 5.91 Å². The Morgan fingerprint density at radius 2 is 2.07 bits per heavy atom. The highest BCUT2D eigenvalue weighted by Gasteiger charge is 2.43. The van der Waals surface area contributed by atoms with E-state index in [0.717, 1.165) is 38.5 Å². The smallest absolute Gasteiger partial charge is 0.272 e. The van der Waals surface area contributed by atoms with Crippen LogP contribution in [0.4, 0.5) is 0 Å². The molecule has 3 heterocycles.